The Labute approximate surface area is 196 Å². The summed E-state index contributed by atoms with van der Waals surface area (Å²) >= 11 is 0. The zero-order valence-electron chi connectivity index (χ0n) is 18.7. The number of fused-ring (bicyclic) bond motifs is 3. The standard InChI is InChI=1S/C33H26/c1-4-12-24(13-5-1)20-21-29-31-22-27-18-10-11-19-28(27)32(31)23-30(25-14-6-2-7-15-25)33(29)26-16-8-3-9-17-26/h1-19,23H,20-22H2. The minimum atomic E-state index is 1.02. The summed E-state index contributed by atoms with van der Waals surface area (Å²) in [7, 11) is 0. The number of hydrogen-bond donors (Lipinski definition) is 0. The van der Waals surface area contributed by atoms with Crippen molar-refractivity contribution in [1.29, 1.82) is 0 Å². The Morgan fingerprint density at radius 2 is 1.09 bits per heavy atom. The maximum Gasteiger partial charge on any atom is -0.00105 e. The number of benzene rings is 5. The lowest BCUT2D eigenvalue weighted by Crippen LogP contribution is -2.02. The lowest BCUT2D eigenvalue weighted by Gasteiger charge is -2.21. The first kappa shape index (κ1) is 19.8. The molecule has 0 heteroatoms. The summed E-state index contributed by atoms with van der Waals surface area (Å²) in [5.74, 6) is 0. The van der Waals surface area contributed by atoms with Gasteiger partial charge in [0.15, 0.2) is 0 Å². The van der Waals surface area contributed by atoms with Crippen LogP contribution in [0.4, 0.5) is 0 Å². The van der Waals surface area contributed by atoms with Crippen LogP contribution in [0.2, 0.25) is 0 Å². The summed E-state index contributed by atoms with van der Waals surface area (Å²) in [6.45, 7) is 0. The van der Waals surface area contributed by atoms with Crippen LogP contribution in [-0.4, -0.2) is 0 Å². The summed E-state index contributed by atoms with van der Waals surface area (Å²) in [5.41, 5.74) is 14.0. The molecule has 0 aliphatic heterocycles. The van der Waals surface area contributed by atoms with Gasteiger partial charge in [0.2, 0.25) is 0 Å². The van der Waals surface area contributed by atoms with Crippen molar-refractivity contribution in [2.75, 3.05) is 0 Å². The Kier molecular flexibility index (Phi) is 5.13. The molecule has 1 aliphatic rings. The van der Waals surface area contributed by atoms with Gasteiger partial charge in [-0.25, -0.2) is 0 Å². The molecule has 0 nitrogen and oxygen atoms in total. The van der Waals surface area contributed by atoms with E-state index < -0.39 is 0 Å². The molecule has 0 fully saturated rings. The zero-order chi connectivity index (χ0) is 22.0. The molecule has 0 amide bonds. The largest absolute Gasteiger partial charge is 0.0622 e. The van der Waals surface area contributed by atoms with Gasteiger partial charge in [-0.3, -0.25) is 0 Å². The highest BCUT2D eigenvalue weighted by atomic mass is 14.3. The normalized spacial score (nSPS) is 11.8. The molecule has 0 atom stereocenters. The first-order chi connectivity index (χ1) is 16.4. The molecule has 0 radical (unpaired) electrons. The molecule has 0 bridgehead atoms. The Hall–Kier alpha value is -3.90. The highest BCUT2D eigenvalue weighted by molar-refractivity contribution is 5.93. The van der Waals surface area contributed by atoms with Crippen molar-refractivity contribution >= 4 is 0 Å². The van der Waals surface area contributed by atoms with Crippen molar-refractivity contribution < 1.29 is 0 Å². The summed E-state index contributed by atoms with van der Waals surface area (Å²) in [4.78, 5) is 0. The van der Waals surface area contributed by atoms with Crippen LogP contribution in [0.1, 0.15) is 22.3 Å². The Balaban J connectivity index is 1.61. The lowest BCUT2D eigenvalue weighted by molar-refractivity contribution is 0.946. The molecule has 5 aromatic carbocycles. The molecule has 0 saturated carbocycles. The van der Waals surface area contributed by atoms with Crippen molar-refractivity contribution in [2.24, 2.45) is 0 Å². The minimum absolute atomic E-state index is 1.02. The van der Waals surface area contributed by atoms with E-state index in [4.69, 9.17) is 0 Å². The maximum absolute atomic E-state index is 2.45. The number of aryl methyl sites for hydroxylation is 1. The average Bonchev–Trinajstić information content (AvgIpc) is 3.27. The number of rotatable bonds is 5. The van der Waals surface area contributed by atoms with E-state index in [0.717, 1.165) is 19.3 Å². The van der Waals surface area contributed by atoms with Crippen molar-refractivity contribution in [3.8, 4) is 33.4 Å². The van der Waals surface area contributed by atoms with Crippen molar-refractivity contribution in [2.45, 2.75) is 19.3 Å². The zero-order valence-corrected chi connectivity index (χ0v) is 18.7. The van der Waals surface area contributed by atoms with Gasteiger partial charge in [0.25, 0.3) is 0 Å². The lowest BCUT2D eigenvalue weighted by atomic mass is 9.83. The molecule has 158 valence electrons. The minimum Gasteiger partial charge on any atom is -0.0622 e. The third-order valence-corrected chi connectivity index (χ3v) is 6.88. The van der Waals surface area contributed by atoms with E-state index in [9.17, 15) is 0 Å². The molecule has 6 rings (SSSR count). The quantitative estimate of drug-likeness (QED) is 0.262. The van der Waals surface area contributed by atoms with E-state index in [0.29, 0.717) is 0 Å². The van der Waals surface area contributed by atoms with Crippen LogP contribution in [0.5, 0.6) is 0 Å². The second kappa shape index (κ2) is 8.56. The van der Waals surface area contributed by atoms with Gasteiger partial charge in [0.1, 0.15) is 0 Å². The van der Waals surface area contributed by atoms with Crippen LogP contribution in [-0.2, 0) is 19.3 Å². The van der Waals surface area contributed by atoms with Crippen LogP contribution in [0.15, 0.2) is 121 Å². The molecule has 0 spiro atoms. The molecule has 0 aromatic heterocycles. The molecular formula is C33H26. The van der Waals surface area contributed by atoms with Crippen LogP contribution in [0.25, 0.3) is 33.4 Å². The first-order valence-electron chi connectivity index (χ1n) is 11.8. The monoisotopic (exact) mass is 422 g/mol. The van der Waals surface area contributed by atoms with Gasteiger partial charge in [-0.1, -0.05) is 115 Å². The summed E-state index contributed by atoms with van der Waals surface area (Å²) in [5, 5.41) is 0. The van der Waals surface area contributed by atoms with Crippen molar-refractivity contribution in [1.82, 2.24) is 0 Å². The summed E-state index contributed by atoms with van der Waals surface area (Å²) in [6.07, 6.45) is 3.09. The van der Waals surface area contributed by atoms with E-state index in [2.05, 4.69) is 121 Å². The van der Waals surface area contributed by atoms with Crippen LogP contribution < -0.4 is 0 Å². The summed E-state index contributed by atoms with van der Waals surface area (Å²) in [6, 6.07) is 44.1. The summed E-state index contributed by atoms with van der Waals surface area (Å²) < 4.78 is 0. The predicted octanol–water partition coefficient (Wildman–Crippen LogP) is 8.38. The van der Waals surface area contributed by atoms with Gasteiger partial charge in [0, 0.05) is 0 Å². The SMILES string of the molecule is c1ccc(CCc2c3c(cc(-c4ccccc4)c2-c2ccccc2)-c2ccccc2C3)cc1. The van der Waals surface area contributed by atoms with Crippen LogP contribution in [0.3, 0.4) is 0 Å². The van der Waals surface area contributed by atoms with Gasteiger partial charge in [0.05, 0.1) is 0 Å². The van der Waals surface area contributed by atoms with E-state index >= 15 is 0 Å². The molecular weight excluding hydrogens is 396 g/mol. The second-order valence-electron chi connectivity index (χ2n) is 8.86. The van der Waals surface area contributed by atoms with Crippen molar-refractivity contribution in [3.05, 3.63) is 144 Å². The Morgan fingerprint density at radius 1 is 0.485 bits per heavy atom. The Bertz CT molecular complexity index is 1400. The molecule has 0 N–H and O–H groups in total. The molecule has 5 aromatic rings. The first-order valence-corrected chi connectivity index (χ1v) is 11.8. The fourth-order valence-corrected chi connectivity index (χ4v) is 5.32. The third-order valence-electron chi connectivity index (χ3n) is 6.88. The van der Waals surface area contributed by atoms with E-state index in [1.807, 2.05) is 0 Å². The fraction of sp³-hybridized carbons (Fsp3) is 0.0909. The average molecular weight is 423 g/mol. The third kappa shape index (κ3) is 3.68. The van der Waals surface area contributed by atoms with Gasteiger partial charge < -0.3 is 0 Å². The van der Waals surface area contributed by atoms with Gasteiger partial charge in [-0.15, -0.1) is 0 Å². The van der Waals surface area contributed by atoms with Gasteiger partial charge in [-0.05, 0) is 81.0 Å². The number of hydrogen-bond acceptors (Lipinski definition) is 0. The second-order valence-corrected chi connectivity index (χ2v) is 8.86. The Morgan fingerprint density at radius 3 is 1.82 bits per heavy atom. The molecule has 1 aliphatic carbocycles. The van der Waals surface area contributed by atoms with Gasteiger partial charge in [-0.2, -0.15) is 0 Å². The van der Waals surface area contributed by atoms with Crippen LogP contribution in [0, 0.1) is 0 Å². The molecule has 0 heterocycles. The molecule has 0 unspecified atom stereocenters. The smallest absolute Gasteiger partial charge is 0.00105 e. The maximum atomic E-state index is 2.45. The molecule has 33 heavy (non-hydrogen) atoms. The van der Waals surface area contributed by atoms with E-state index in [-0.39, 0.29) is 0 Å². The highest BCUT2D eigenvalue weighted by Crippen LogP contribution is 2.46. The highest BCUT2D eigenvalue weighted by Gasteiger charge is 2.26. The van der Waals surface area contributed by atoms with E-state index in [1.165, 1.54) is 55.6 Å². The van der Waals surface area contributed by atoms with Gasteiger partial charge >= 0.3 is 0 Å². The van der Waals surface area contributed by atoms with Crippen LogP contribution >= 0.6 is 0 Å². The molecule has 0 saturated heterocycles. The topological polar surface area (TPSA) is 0 Å². The van der Waals surface area contributed by atoms with Crippen molar-refractivity contribution in [3.63, 3.8) is 0 Å². The fourth-order valence-electron chi connectivity index (χ4n) is 5.32. The predicted molar refractivity (Wildman–Crippen MR) is 139 cm³/mol. The van der Waals surface area contributed by atoms with E-state index in [1.54, 1.807) is 0 Å².